The van der Waals surface area contributed by atoms with E-state index in [-0.39, 0.29) is 30.1 Å². The third kappa shape index (κ3) is 5.05. The molecule has 1 aliphatic carbocycles. The minimum atomic E-state index is 0. The topological polar surface area (TPSA) is 54.7 Å². The quantitative estimate of drug-likeness (QED) is 0.394. The summed E-state index contributed by atoms with van der Waals surface area (Å²) in [7, 11) is 3.81. The van der Waals surface area contributed by atoms with E-state index in [1.54, 1.807) is 0 Å². The van der Waals surface area contributed by atoms with Crippen molar-refractivity contribution in [2.45, 2.75) is 25.4 Å². The number of hydrogen-bond donors (Lipinski definition) is 1. The molecule has 152 valence electrons. The Bertz CT molecular complexity index is 787. The predicted octanol–water partition coefficient (Wildman–Crippen LogP) is 3.01. The number of benzene rings is 1. The van der Waals surface area contributed by atoms with Crippen LogP contribution < -0.4 is 5.32 Å². The molecule has 1 N–H and O–H groups in total. The van der Waals surface area contributed by atoms with Crippen LogP contribution in [0.4, 0.5) is 0 Å². The number of morpholine rings is 1. The Morgan fingerprint density at radius 3 is 2.75 bits per heavy atom. The minimum absolute atomic E-state index is 0. The van der Waals surface area contributed by atoms with Crippen LogP contribution in [0.3, 0.4) is 0 Å². The van der Waals surface area contributed by atoms with Crippen LogP contribution in [0.2, 0.25) is 0 Å². The lowest BCUT2D eigenvalue weighted by molar-refractivity contribution is -0.00809. The van der Waals surface area contributed by atoms with Gasteiger partial charge < -0.3 is 15.0 Å². The summed E-state index contributed by atoms with van der Waals surface area (Å²) in [5.74, 6) is 0.978. The van der Waals surface area contributed by atoms with Gasteiger partial charge in [0.15, 0.2) is 5.96 Å². The van der Waals surface area contributed by atoms with Crippen molar-refractivity contribution >= 4 is 29.9 Å². The molecular weight excluding hydrogens is 465 g/mol. The SMILES string of the molecule is CN=C(NCC1(Cc2ccccc2)CC1)N1CCOC(c2cnn(C)c2)C1.I. The van der Waals surface area contributed by atoms with Crippen molar-refractivity contribution in [3.63, 3.8) is 0 Å². The molecule has 2 fully saturated rings. The summed E-state index contributed by atoms with van der Waals surface area (Å²) in [6.45, 7) is 3.35. The van der Waals surface area contributed by atoms with Gasteiger partial charge in [0.2, 0.25) is 0 Å². The molecule has 7 heteroatoms. The Labute approximate surface area is 184 Å². The van der Waals surface area contributed by atoms with Gasteiger partial charge in [-0.2, -0.15) is 5.10 Å². The summed E-state index contributed by atoms with van der Waals surface area (Å²) >= 11 is 0. The second kappa shape index (κ2) is 9.26. The molecule has 1 saturated heterocycles. The van der Waals surface area contributed by atoms with Gasteiger partial charge in [0.05, 0.1) is 19.3 Å². The minimum Gasteiger partial charge on any atom is -0.370 e. The van der Waals surface area contributed by atoms with Crippen molar-refractivity contribution < 1.29 is 4.74 Å². The maximum absolute atomic E-state index is 5.96. The number of guanidine groups is 1. The molecule has 28 heavy (non-hydrogen) atoms. The van der Waals surface area contributed by atoms with Crippen LogP contribution in [-0.4, -0.2) is 53.9 Å². The Hall–Kier alpha value is -1.61. The molecular formula is C21H30IN5O. The zero-order chi connectivity index (χ0) is 18.7. The third-order valence-electron chi connectivity index (χ3n) is 5.67. The Kier molecular flexibility index (Phi) is 6.98. The fraction of sp³-hybridized carbons (Fsp3) is 0.524. The van der Waals surface area contributed by atoms with Gasteiger partial charge in [-0.25, -0.2) is 0 Å². The monoisotopic (exact) mass is 495 g/mol. The van der Waals surface area contributed by atoms with E-state index in [2.05, 4.69) is 50.6 Å². The van der Waals surface area contributed by atoms with E-state index in [9.17, 15) is 0 Å². The molecule has 1 saturated carbocycles. The van der Waals surface area contributed by atoms with Crippen molar-refractivity contribution in [1.29, 1.82) is 0 Å². The van der Waals surface area contributed by atoms with Crippen LogP contribution >= 0.6 is 24.0 Å². The number of nitrogens with one attached hydrogen (secondary N) is 1. The summed E-state index contributed by atoms with van der Waals surface area (Å²) in [6.07, 6.45) is 7.68. The maximum atomic E-state index is 5.96. The van der Waals surface area contributed by atoms with E-state index in [1.165, 1.54) is 18.4 Å². The van der Waals surface area contributed by atoms with E-state index in [4.69, 9.17) is 4.74 Å². The number of aromatic nitrogens is 2. The average Bonchev–Trinajstić information content (AvgIpc) is 3.32. The van der Waals surface area contributed by atoms with Crippen molar-refractivity contribution in [3.8, 4) is 0 Å². The number of hydrogen-bond acceptors (Lipinski definition) is 3. The van der Waals surface area contributed by atoms with E-state index in [0.717, 1.165) is 37.6 Å². The van der Waals surface area contributed by atoms with Crippen molar-refractivity contribution in [1.82, 2.24) is 20.0 Å². The molecule has 2 aromatic rings. The highest BCUT2D eigenvalue weighted by molar-refractivity contribution is 14.0. The number of rotatable bonds is 5. The normalized spacial score (nSPS) is 21.1. The highest BCUT2D eigenvalue weighted by Gasteiger charge is 2.42. The van der Waals surface area contributed by atoms with Crippen molar-refractivity contribution in [2.24, 2.45) is 17.5 Å². The van der Waals surface area contributed by atoms with Gasteiger partial charge in [0.25, 0.3) is 0 Å². The smallest absolute Gasteiger partial charge is 0.193 e. The van der Waals surface area contributed by atoms with Crippen LogP contribution in [0, 0.1) is 5.41 Å². The zero-order valence-corrected chi connectivity index (χ0v) is 19.0. The van der Waals surface area contributed by atoms with Gasteiger partial charge in [0, 0.05) is 38.9 Å². The van der Waals surface area contributed by atoms with Crippen molar-refractivity contribution in [3.05, 3.63) is 53.9 Å². The second-order valence-corrected chi connectivity index (χ2v) is 7.82. The molecule has 1 aromatic heterocycles. The van der Waals surface area contributed by atoms with E-state index in [0.29, 0.717) is 12.0 Å². The Balaban J connectivity index is 0.00000225. The second-order valence-electron chi connectivity index (χ2n) is 7.82. The van der Waals surface area contributed by atoms with Gasteiger partial charge in [-0.05, 0) is 30.2 Å². The van der Waals surface area contributed by atoms with Gasteiger partial charge >= 0.3 is 0 Å². The lowest BCUT2D eigenvalue weighted by Gasteiger charge is -2.35. The summed E-state index contributed by atoms with van der Waals surface area (Å²) < 4.78 is 7.79. The number of aryl methyl sites for hydroxylation is 1. The van der Waals surface area contributed by atoms with Gasteiger partial charge in [-0.3, -0.25) is 9.67 Å². The van der Waals surface area contributed by atoms with Gasteiger partial charge in [-0.1, -0.05) is 30.3 Å². The molecule has 1 aliphatic heterocycles. The lowest BCUT2D eigenvalue weighted by atomic mass is 9.96. The number of nitrogens with zero attached hydrogens (tertiary/aromatic N) is 4. The average molecular weight is 495 g/mol. The fourth-order valence-corrected chi connectivity index (χ4v) is 3.87. The van der Waals surface area contributed by atoms with Crippen LogP contribution in [0.5, 0.6) is 0 Å². The zero-order valence-electron chi connectivity index (χ0n) is 16.7. The molecule has 1 unspecified atom stereocenters. The summed E-state index contributed by atoms with van der Waals surface area (Å²) in [5, 5.41) is 7.91. The molecule has 0 radical (unpaired) electrons. The predicted molar refractivity (Wildman–Crippen MR) is 122 cm³/mol. The van der Waals surface area contributed by atoms with Gasteiger partial charge in [0.1, 0.15) is 6.10 Å². The molecule has 0 amide bonds. The van der Waals surface area contributed by atoms with Crippen LogP contribution in [0.25, 0.3) is 0 Å². The fourth-order valence-electron chi connectivity index (χ4n) is 3.87. The first-order valence-electron chi connectivity index (χ1n) is 9.77. The number of halogens is 1. The van der Waals surface area contributed by atoms with Gasteiger partial charge in [-0.15, -0.1) is 24.0 Å². The summed E-state index contributed by atoms with van der Waals surface area (Å²) in [5.41, 5.74) is 2.93. The number of aliphatic imine (C=N–C) groups is 1. The van der Waals surface area contributed by atoms with Crippen LogP contribution in [0.15, 0.2) is 47.7 Å². The Morgan fingerprint density at radius 2 is 2.11 bits per heavy atom. The summed E-state index contributed by atoms with van der Waals surface area (Å²) in [6, 6.07) is 10.8. The first kappa shape index (κ1) is 21.1. The summed E-state index contributed by atoms with van der Waals surface area (Å²) in [4.78, 5) is 6.84. The molecule has 6 nitrogen and oxygen atoms in total. The first-order chi connectivity index (χ1) is 13.2. The maximum Gasteiger partial charge on any atom is 0.193 e. The standard InChI is InChI=1S/C21H29N5O.HI/c1-22-20(23-16-21(8-9-21)12-17-6-4-3-5-7-17)26-10-11-27-19(15-26)18-13-24-25(2)14-18;/h3-7,13-14,19H,8-12,15-16H2,1-2H3,(H,22,23);1H. The first-order valence-corrected chi connectivity index (χ1v) is 9.77. The van der Waals surface area contributed by atoms with E-state index >= 15 is 0 Å². The largest absolute Gasteiger partial charge is 0.370 e. The molecule has 0 spiro atoms. The van der Waals surface area contributed by atoms with E-state index in [1.807, 2.05) is 31.2 Å². The highest BCUT2D eigenvalue weighted by atomic mass is 127. The third-order valence-corrected chi connectivity index (χ3v) is 5.67. The number of ether oxygens (including phenoxy) is 1. The van der Waals surface area contributed by atoms with Crippen LogP contribution in [0.1, 0.15) is 30.1 Å². The molecule has 0 bridgehead atoms. The molecule has 2 heterocycles. The van der Waals surface area contributed by atoms with Crippen LogP contribution in [-0.2, 0) is 18.2 Å². The Morgan fingerprint density at radius 1 is 1.32 bits per heavy atom. The van der Waals surface area contributed by atoms with Crippen molar-refractivity contribution in [2.75, 3.05) is 33.3 Å². The molecule has 4 rings (SSSR count). The molecule has 1 aromatic carbocycles. The van der Waals surface area contributed by atoms with E-state index < -0.39 is 0 Å². The molecule has 1 atom stereocenters. The lowest BCUT2D eigenvalue weighted by Crippen LogP contribution is -2.49. The molecule has 2 aliphatic rings. The highest BCUT2D eigenvalue weighted by Crippen LogP contribution is 2.47.